The molecule has 11 atom stereocenters. The lowest BCUT2D eigenvalue weighted by molar-refractivity contribution is -0.646. The zero-order chi connectivity index (χ0) is 31.4. The maximum Gasteiger partial charge on any atom is 0.478 e. The summed E-state index contributed by atoms with van der Waals surface area (Å²) in [5, 5.41) is 50.7. The van der Waals surface area contributed by atoms with E-state index >= 15 is 0 Å². The van der Waals surface area contributed by atoms with E-state index in [0.717, 1.165) is 0 Å². The van der Waals surface area contributed by atoms with Crippen LogP contribution in [0.3, 0.4) is 0 Å². The molecule has 234 valence electrons. The molecule has 42 heavy (non-hydrogen) atoms. The summed E-state index contributed by atoms with van der Waals surface area (Å²) >= 11 is 0. The number of aromatic hydroxyl groups is 1. The van der Waals surface area contributed by atoms with Gasteiger partial charge in [0.15, 0.2) is 0 Å². The average Bonchev–Trinajstić information content (AvgIpc) is 3.41. The number of anilines is 1. The lowest BCUT2D eigenvalue weighted by atomic mass is 9.93. The van der Waals surface area contributed by atoms with Crippen molar-refractivity contribution in [2.45, 2.75) is 48.9 Å². The van der Waals surface area contributed by atoms with E-state index in [1.54, 1.807) is 0 Å². The van der Waals surface area contributed by atoms with E-state index in [-0.39, 0.29) is 17.1 Å². The molecule has 21 nitrogen and oxygen atoms in total. The summed E-state index contributed by atoms with van der Waals surface area (Å²) in [6.45, 7) is -1.70. The summed E-state index contributed by atoms with van der Waals surface area (Å²) in [4.78, 5) is 27.6. The van der Waals surface area contributed by atoms with Gasteiger partial charge in [0.25, 0.3) is 32.1 Å². The van der Waals surface area contributed by atoms with E-state index in [4.69, 9.17) is 19.7 Å². The first kappa shape index (κ1) is 33.4. The third kappa shape index (κ3) is 7.23. The second-order valence-corrected chi connectivity index (χ2v) is 14.8. The minimum Gasteiger partial charge on any atom is -0.490 e. The Balaban J connectivity index is 1.36. The molecule has 26 heteroatoms. The molecule has 2 saturated heterocycles. The van der Waals surface area contributed by atoms with Gasteiger partial charge in [-0.25, -0.2) is 22.3 Å². The van der Waals surface area contributed by atoms with Crippen LogP contribution in [0.25, 0.3) is 11.2 Å². The van der Waals surface area contributed by atoms with E-state index in [1.807, 2.05) is 0 Å². The summed E-state index contributed by atoms with van der Waals surface area (Å²) in [5.74, 6) is -0.764. The van der Waals surface area contributed by atoms with Crippen LogP contribution in [0.1, 0.15) is 6.23 Å². The van der Waals surface area contributed by atoms with E-state index in [1.165, 1.54) is 30.4 Å². The number of hydrogen-bond acceptors (Lipinski definition) is 17. The molecule has 0 bridgehead atoms. The number of phosphoric ester groups is 2. The van der Waals surface area contributed by atoms with E-state index < -0.39 is 91.1 Å². The van der Waals surface area contributed by atoms with Gasteiger partial charge in [-0.15, -0.1) is 0 Å². The Kier molecular flexibility index (Phi) is 9.63. The molecule has 2 aromatic heterocycles. The second-order valence-electron chi connectivity index (χ2n) is 9.58. The summed E-state index contributed by atoms with van der Waals surface area (Å²) in [7, 11) is -11.9. The number of nitrogens with two attached hydrogens (primary N) is 1. The summed E-state index contributed by atoms with van der Waals surface area (Å²) in [5.41, 5.74) is 5.73. The van der Waals surface area contributed by atoms with Crippen LogP contribution in [0.15, 0.2) is 6.33 Å². The Morgan fingerprint density at radius 1 is 0.976 bits per heavy atom. The SMILES string of the molecule is B[C@@H]1O[C@H](COP(=O)(O)OP(B)(=O)OP(=O)(O)OC[C@H]2O[C@@H](n3c[n+](C)c4c(O)nc(N)nc43)[C@@H](O)C2O)[C@H](O)C1O. The number of rotatable bonds is 11. The molecule has 2 aliphatic rings. The highest BCUT2D eigenvalue weighted by Gasteiger charge is 2.49. The first-order valence-corrected chi connectivity index (χ1v) is 17.0. The second kappa shape index (κ2) is 12.1. The third-order valence-corrected chi connectivity index (χ3v) is 11.3. The van der Waals surface area contributed by atoms with Gasteiger partial charge in [-0.3, -0.25) is 13.6 Å². The molecule has 0 spiro atoms. The van der Waals surface area contributed by atoms with Crippen molar-refractivity contribution < 1.29 is 80.7 Å². The molecule has 9 N–H and O–H groups in total. The van der Waals surface area contributed by atoms with Gasteiger partial charge in [0.05, 0.1) is 26.3 Å². The molecule has 4 heterocycles. The zero-order valence-electron chi connectivity index (χ0n) is 22.1. The van der Waals surface area contributed by atoms with Crippen molar-refractivity contribution >= 4 is 55.6 Å². The van der Waals surface area contributed by atoms with E-state index in [0.29, 0.717) is 7.57 Å². The molecule has 5 unspecified atom stereocenters. The van der Waals surface area contributed by atoms with E-state index in [9.17, 15) is 49.0 Å². The van der Waals surface area contributed by atoms with Crippen LogP contribution in [0.4, 0.5) is 5.95 Å². The Morgan fingerprint density at radius 3 is 2.02 bits per heavy atom. The number of phosphoric acid groups is 2. The Morgan fingerprint density at radius 2 is 1.50 bits per heavy atom. The average molecular weight is 662 g/mol. The number of nitrogen functional groups attached to an aromatic ring is 1. The highest BCUT2D eigenvalue weighted by Crippen LogP contribution is 2.67. The van der Waals surface area contributed by atoms with Gasteiger partial charge in [-0.1, -0.05) is 0 Å². The van der Waals surface area contributed by atoms with E-state index in [2.05, 4.69) is 23.1 Å². The molecule has 4 rings (SSSR count). The zero-order valence-corrected chi connectivity index (χ0v) is 24.8. The highest BCUT2D eigenvalue weighted by molar-refractivity contribution is 7.86. The third-order valence-electron chi connectivity index (χ3n) is 6.28. The number of nitrogens with zero attached hydrogens (tertiary/aromatic N) is 4. The van der Waals surface area contributed by atoms with Crippen LogP contribution in [-0.2, 0) is 47.9 Å². The molecular weight excluding hydrogens is 633 g/mol. The molecule has 0 aromatic carbocycles. The monoisotopic (exact) mass is 662 g/mol. The predicted molar refractivity (Wildman–Crippen MR) is 140 cm³/mol. The number of ether oxygens (including phenoxy) is 2. The smallest absolute Gasteiger partial charge is 0.478 e. The van der Waals surface area contributed by atoms with Crippen molar-refractivity contribution in [3.63, 3.8) is 0 Å². The minimum atomic E-state index is -5.33. The number of imidazole rings is 1. The van der Waals surface area contributed by atoms with Crippen LogP contribution < -0.4 is 10.3 Å². The van der Waals surface area contributed by atoms with Gasteiger partial charge in [-0.05, 0) is 0 Å². The predicted octanol–water partition coefficient (Wildman–Crippen LogP) is -4.75. The van der Waals surface area contributed by atoms with Crippen LogP contribution in [0.5, 0.6) is 5.88 Å². The number of fused-ring (bicyclic) bond motifs is 1. The molecule has 0 radical (unpaired) electrons. The lowest BCUT2D eigenvalue weighted by Gasteiger charge is -2.22. The first-order valence-electron chi connectivity index (χ1n) is 12.0. The Labute approximate surface area is 238 Å². The molecular formula is C16H29B2N5O16P3+. The van der Waals surface area contributed by atoms with Crippen molar-refractivity contribution in [2.24, 2.45) is 7.05 Å². The number of hydrogen-bond donors (Lipinski definition) is 8. The number of aliphatic hydroxyl groups is 4. The molecule has 2 fully saturated rings. The van der Waals surface area contributed by atoms with Crippen LogP contribution in [-0.4, -0.2) is 121 Å². The quantitative estimate of drug-likeness (QED) is 0.0636. The van der Waals surface area contributed by atoms with Gasteiger partial charge < -0.3 is 50.5 Å². The number of aliphatic hydroxyl groups excluding tert-OH is 4. The van der Waals surface area contributed by atoms with Gasteiger partial charge in [0, 0.05) is 0 Å². The summed E-state index contributed by atoms with van der Waals surface area (Å²) in [6, 6.07) is -0.809. The number of aromatic nitrogens is 4. The fourth-order valence-corrected chi connectivity index (χ4v) is 8.80. The number of aryl methyl sites for hydroxylation is 1. The maximum absolute atomic E-state index is 12.6. The highest BCUT2D eigenvalue weighted by atomic mass is 31.3. The topological polar surface area (TPSA) is 309 Å². The minimum absolute atomic E-state index is 0.0240. The molecule has 2 aliphatic heterocycles. The Bertz CT molecular complexity index is 1470. The fourth-order valence-electron chi connectivity index (χ4n) is 4.37. The van der Waals surface area contributed by atoms with Crippen molar-refractivity contribution in [3.8, 4) is 5.88 Å². The Hall–Kier alpha value is -1.51. The summed E-state index contributed by atoms with van der Waals surface area (Å²) < 4.78 is 68.8. The van der Waals surface area contributed by atoms with Gasteiger partial charge in [-0.2, -0.15) is 14.5 Å². The standard InChI is InChI=1S/C16H28B2N5O16P3/c1-22-4-23(13-7(22)14(28)21-16(19)20-13)15-11(27)9(25)6(37-15)3-35-42(32,33)39-40(18,29)38-41(30,31)34-2-5-8(24)10(26)12(17)36-5/h4-6,8-12,15,24-27H,2-3,17-18H2,1H3,(H4-,19,20,21,28,30,31,32,33)/p+1/t5-,6-,8+,9?,10?,11+,12-,15-,40?/m1/s1. The van der Waals surface area contributed by atoms with Crippen LogP contribution >= 0.6 is 23.1 Å². The molecule has 0 amide bonds. The van der Waals surface area contributed by atoms with Crippen LogP contribution in [0, 0.1) is 0 Å². The van der Waals surface area contributed by atoms with Crippen molar-refractivity contribution in [3.05, 3.63) is 6.33 Å². The molecule has 2 aromatic rings. The lowest BCUT2D eigenvalue weighted by Crippen LogP contribution is -2.34. The van der Waals surface area contributed by atoms with Crippen molar-refractivity contribution in [2.75, 3.05) is 18.9 Å². The first-order chi connectivity index (χ1) is 19.3. The van der Waals surface area contributed by atoms with Gasteiger partial charge in [0.2, 0.25) is 18.5 Å². The van der Waals surface area contributed by atoms with Gasteiger partial charge >= 0.3 is 15.6 Å². The van der Waals surface area contributed by atoms with Crippen molar-refractivity contribution in [1.29, 1.82) is 0 Å². The summed E-state index contributed by atoms with van der Waals surface area (Å²) in [6.07, 6.45) is -8.79. The molecule has 0 saturated carbocycles. The maximum atomic E-state index is 12.6. The van der Waals surface area contributed by atoms with Crippen molar-refractivity contribution in [1.82, 2.24) is 14.5 Å². The molecule has 0 aliphatic carbocycles. The normalized spacial score (nSPS) is 34.3. The fraction of sp³-hybridized carbons (Fsp3) is 0.688. The van der Waals surface area contributed by atoms with Crippen LogP contribution in [0.2, 0.25) is 0 Å². The van der Waals surface area contributed by atoms with Gasteiger partial charge in [0.1, 0.15) is 44.5 Å². The largest absolute Gasteiger partial charge is 0.490 e.